The minimum atomic E-state index is 0.626. The van der Waals surface area contributed by atoms with E-state index in [1.54, 1.807) is 11.3 Å². The number of hydrogen-bond acceptors (Lipinski definition) is 4. The average molecular weight is 237 g/mol. The predicted octanol–water partition coefficient (Wildman–Crippen LogP) is 3.19. The standard InChI is InChI=1S/C12H19N3S/c13-12-15-14-11(16-12)10-6-5-8-3-1-2-4-9(8)7-10/h8-10H,1-7H2,(H2,13,15). The summed E-state index contributed by atoms with van der Waals surface area (Å²) in [6, 6.07) is 0. The summed E-state index contributed by atoms with van der Waals surface area (Å²) < 4.78 is 0. The maximum Gasteiger partial charge on any atom is 0.203 e. The molecule has 16 heavy (non-hydrogen) atoms. The Morgan fingerprint density at radius 3 is 2.56 bits per heavy atom. The minimum Gasteiger partial charge on any atom is -0.374 e. The van der Waals surface area contributed by atoms with Crippen LogP contribution in [0.2, 0.25) is 0 Å². The zero-order valence-corrected chi connectivity index (χ0v) is 10.4. The summed E-state index contributed by atoms with van der Waals surface area (Å²) in [5, 5.41) is 9.97. The van der Waals surface area contributed by atoms with Gasteiger partial charge in [-0.3, -0.25) is 0 Å². The molecule has 2 N–H and O–H groups in total. The Labute approximate surface area is 100 Å². The van der Waals surface area contributed by atoms with E-state index in [0.717, 1.165) is 11.8 Å². The average Bonchev–Trinajstić information content (AvgIpc) is 2.75. The summed E-state index contributed by atoms with van der Waals surface area (Å²) in [5.41, 5.74) is 5.66. The monoisotopic (exact) mass is 237 g/mol. The lowest BCUT2D eigenvalue weighted by atomic mass is 9.68. The fraction of sp³-hybridized carbons (Fsp3) is 0.833. The Kier molecular flexibility index (Phi) is 2.84. The molecule has 2 aliphatic rings. The Morgan fingerprint density at radius 2 is 1.81 bits per heavy atom. The molecule has 1 aromatic heterocycles. The lowest BCUT2D eigenvalue weighted by molar-refractivity contribution is 0.155. The first-order chi connectivity index (χ1) is 7.83. The molecular formula is C12H19N3S. The normalized spacial score (nSPS) is 34.6. The predicted molar refractivity (Wildman–Crippen MR) is 66.4 cm³/mol. The van der Waals surface area contributed by atoms with Crippen molar-refractivity contribution in [2.24, 2.45) is 11.8 Å². The molecule has 88 valence electrons. The molecule has 0 radical (unpaired) electrons. The summed E-state index contributed by atoms with van der Waals surface area (Å²) in [4.78, 5) is 0. The largest absolute Gasteiger partial charge is 0.374 e. The molecule has 3 rings (SSSR count). The Balaban J connectivity index is 1.70. The molecule has 0 aliphatic heterocycles. The Morgan fingerprint density at radius 1 is 1.00 bits per heavy atom. The molecule has 3 nitrogen and oxygen atoms in total. The van der Waals surface area contributed by atoms with Gasteiger partial charge in [0.15, 0.2) is 0 Å². The van der Waals surface area contributed by atoms with Crippen LogP contribution in [0.5, 0.6) is 0 Å². The Hall–Kier alpha value is -0.640. The second kappa shape index (κ2) is 4.32. The summed E-state index contributed by atoms with van der Waals surface area (Å²) in [7, 11) is 0. The van der Waals surface area contributed by atoms with Crippen LogP contribution in [-0.2, 0) is 0 Å². The van der Waals surface area contributed by atoms with E-state index in [2.05, 4.69) is 10.2 Å². The maximum absolute atomic E-state index is 5.66. The molecule has 1 heterocycles. The highest BCUT2D eigenvalue weighted by molar-refractivity contribution is 7.15. The van der Waals surface area contributed by atoms with Crippen LogP contribution in [-0.4, -0.2) is 10.2 Å². The van der Waals surface area contributed by atoms with E-state index >= 15 is 0 Å². The summed E-state index contributed by atoms with van der Waals surface area (Å²) in [6.07, 6.45) is 9.83. The number of anilines is 1. The summed E-state index contributed by atoms with van der Waals surface area (Å²) in [5.74, 6) is 2.61. The zero-order valence-electron chi connectivity index (χ0n) is 9.56. The number of fused-ring (bicyclic) bond motifs is 1. The second-order valence-corrected chi connectivity index (χ2v) is 6.33. The van der Waals surface area contributed by atoms with Crippen molar-refractivity contribution in [3.63, 3.8) is 0 Å². The molecule has 3 unspecified atom stereocenters. The van der Waals surface area contributed by atoms with Crippen LogP contribution in [0.4, 0.5) is 5.13 Å². The molecule has 2 aliphatic carbocycles. The molecule has 4 heteroatoms. The van der Waals surface area contributed by atoms with Crippen molar-refractivity contribution in [2.75, 3.05) is 5.73 Å². The van der Waals surface area contributed by atoms with Gasteiger partial charge in [-0.1, -0.05) is 37.0 Å². The highest BCUT2D eigenvalue weighted by Crippen LogP contribution is 2.46. The lowest BCUT2D eigenvalue weighted by Crippen LogP contribution is -2.26. The minimum absolute atomic E-state index is 0.626. The quantitative estimate of drug-likeness (QED) is 0.816. The van der Waals surface area contributed by atoms with Crippen LogP contribution < -0.4 is 5.73 Å². The van der Waals surface area contributed by atoms with Crippen LogP contribution in [0.3, 0.4) is 0 Å². The fourth-order valence-electron chi connectivity index (χ4n) is 3.51. The van der Waals surface area contributed by atoms with Gasteiger partial charge in [0.2, 0.25) is 5.13 Å². The van der Waals surface area contributed by atoms with E-state index in [1.165, 1.54) is 50.0 Å². The number of nitrogens with two attached hydrogens (primary N) is 1. The van der Waals surface area contributed by atoms with E-state index in [9.17, 15) is 0 Å². The Bertz CT molecular complexity index is 363. The van der Waals surface area contributed by atoms with Gasteiger partial charge in [0.1, 0.15) is 5.01 Å². The lowest BCUT2D eigenvalue weighted by Gasteiger charge is -2.38. The van der Waals surface area contributed by atoms with E-state index < -0.39 is 0 Å². The summed E-state index contributed by atoms with van der Waals surface area (Å²) in [6.45, 7) is 0. The van der Waals surface area contributed by atoms with Crippen molar-refractivity contribution in [1.29, 1.82) is 0 Å². The maximum atomic E-state index is 5.66. The molecule has 0 saturated heterocycles. The first-order valence-electron chi connectivity index (χ1n) is 6.42. The number of aromatic nitrogens is 2. The molecule has 2 saturated carbocycles. The number of rotatable bonds is 1. The first kappa shape index (κ1) is 10.5. The molecule has 3 atom stereocenters. The third-order valence-electron chi connectivity index (χ3n) is 4.35. The van der Waals surface area contributed by atoms with Crippen molar-refractivity contribution < 1.29 is 0 Å². The molecule has 0 amide bonds. The van der Waals surface area contributed by atoms with Crippen molar-refractivity contribution in [3.8, 4) is 0 Å². The molecule has 2 fully saturated rings. The van der Waals surface area contributed by atoms with Gasteiger partial charge in [0.25, 0.3) is 0 Å². The molecule has 0 spiro atoms. The highest BCUT2D eigenvalue weighted by Gasteiger charge is 2.33. The van der Waals surface area contributed by atoms with Gasteiger partial charge in [-0.25, -0.2) is 0 Å². The smallest absolute Gasteiger partial charge is 0.203 e. The van der Waals surface area contributed by atoms with Crippen LogP contribution in [0, 0.1) is 11.8 Å². The van der Waals surface area contributed by atoms with E-state index in [4.69, 9.17) is 5.73 Å². The first-order valence-corrected chi connectivity index (χ1v) is 7.23. The van der Waals surface area contributed by atoms with Crippen molar-refractivity contribution in [2.45, 2.75) is 50.9 Å². The third kappa shape index (κ3) is 1.95. The van der Waals surface area contributed by atoms with Crippen molar-refractivity contribution in [1.82, 2.24) is 10.2 Å². The van der Waals surface area contributed by atoms with Gasteiger partial charge in [-0.2, -0.15) is 0 Å². The van der Waals surface area contributed by atoms with Crippen LogP contribution in [0.1, 0.15) is 55.9 Å². The van der Waals surface area contributed by atoms with E-state index in [1.807, 2.05) is 0 Å². The zero-order chi connectivity index (χ0) is 11.0. The topological polar surface area (TPSA) is 51.8 Å². The molecule has 0 aromatic carbocycles. The highest BCUT2D eigenvalue weighted by atomic mass is 32.1. The van der Waals surface area contributed by atoms with Crippen molar-refractivity contribution >= 4 is 16.5 Å². The number of nitrogens with zero attached hydrogens (tertiary/aromatic N) is 2. The van der Waals surface area contributed by atoms with Gasteiger partial charge >= 0.3 is 0 Å². The van der Waals surface area contributed by atoms with E-state index in [0.29, 0.717) is 11.0 Å². The van der Waals surface area contributed by atoms with Crippen LogP contribution in [0.25, 0.3) is 0 Å². The van der Waals surface area contributed by atoms with Gasteiger partial charge in [-0.05, 0) is 31.1 Å². The fourth-order valence-corrected chi connectivity index (χ4v) is 4.27. The SMILES string of the molecule is Nc1nnc(C2CCC3CCCCC3C2)s1. The summed E-state index contributed by atoms with van der Waals surface area (Å²) >= 11 is 1.59. The van der Waals surface area contributed by atoms with Gasteiger partial charge < -0.3 is 5.73 Å². The van der Waals surface area contributed by atoms with Gasteiger partial charge in [0, 0.05) is 5.92 Å². The number of nitrogen functional groups attached to an aromatic ring is 1. The molecule has 0 bridgehead atoms. The van der Waals surface area contributed by atoms with Crippen molar-refractivity contribution in [3.05, 3.63) is 5.01 Å². The third-order valence-corrected chi connectivity index (χ3v) is 5.26. The second-order valence-electron chi connectivity index (χ2n) is 5.29. The van der Waals surface area contributed by atoms with Crippen LogP contribution >= 0.6 is 11.3 Å². The van der Waals surface area contributed by atoms with Crippen LogP contribution in [0.15, 0.2) is 0 Å². The van der Waals surface area contributed by atoms with Gasteiger partial charge in [-0.15, -0.1) is 10.2 Å². The van der Waals surface area contributed by atoms with E-state index in [-0.39, 0.29) is 0 Å². The number of hydrogen-bond donors (Lipinski definition) is 1. The van der Waals surface area contributed by atoms with Gasteiger partial charge in [0.05, 0.1) is 0 Å². The molecule has 1 aromatic rings. The molecular weight excluding hydrogens is 218 g/mol.